The second kappa shape index (κ2) is 11.9. The molecule has 1 amide bonds. The number of halogens is 2. The maximum Gasteiger partial charge on any atom is 0.241 e. The Morgan fingerprint density at radius 2 is 1.83 bits per heavy atom. The zero-order valence-electron chi connectivity index (χ0n) is 16.4. The third-order valence-electron chi connectivity index (χ3n) is 4.52. The average Bonchev–Trinajstić information content (AvgIpc) is 3.17. The van der Waals surface area contributed by atoms with Gasteiger partial charge in [-0.1, -0.05) is 5.16 Å². The highest BCUT2D eigenvalue weighted by Crippen LogP contribution is 2.20. The van der Waals surface area contributed by atoms with E-state index in [0.717, 1.165) is 24.4 Å². The lowest BCUT2D eigenvalue weighted by molar-refractivity contribution is -0.135. The van der Waals surface area contributed by atoms with Crippen molar-refractivity contribution in [3.8, 4) is 17.1 Å². The second-order valence-corrected chi connectivity index (χ2v) is 6.40. The van der Waals surface area contributed by atoms with Gasteiger partial charge in [-0.15, -0.1) is 24.8 Å². The minimum Gasteiger partial charge on any atom is -0.497 e. The number of nitrogens with two attached hydrogens (primary N) is 1. The van der Waals surface area contributed by atoms with Gasteiger partial charge in [0.1, 0.15) is 11.8 Å². The fourth-order valence-electron chi connectivity index (χ4n) is 2.98. The summed E-state index contributed by atoms with van der Waals surface area (Å²) in [5, 5.41) is 4.05. The van der Waals surface area contributed by atoms with Crippen LogP contribution in [0.25, 0.3) is 11.4 Å². The Labute approximate surface area is 182 Å². The Kier molecular flexibility index (Phi) is 10.3. The quantitative estimate of drug-likeness (QED) is 0.674. The van der Waals surface area contributed by atoms with Crippen molar-refractivity contribution in [2.75, 3.05) is 47.0 Å². The van der Waals surface area contributed by atoms with Crippen molar-refractivity contribution in [3.05, 3.63) is 30.2 Å². The van der Waals surface area contributed by atoms with Crippen LogP contribution in [0, 0.1) is 0 Å². The summed E-state index contributed by atoms with van der Waals surface area (Å²) in [6, 6.07) is 6.89. The van der Waals surface area contributed by atoms with E-state index in [1.807, 2.05) is 24.3 Å². The number of carbonyl (C=O) groups is 1. The van der Waals surface area contributed by atoms with Crippen LogP contribution in [0.5, 0.6) is 5.75 Å². The fourth-order valence-corrected chi connectivity index (χ4v) is 2.98. The predicted octanol–water partition coefficient (Wildman–Crippen LogP) is 1.21. The van der Waals surface area contributed by atoms with Crippen molar-refractivity contribution in [1.29, 1.82) is 0 Å². The topological polar surface area (TPSA) is 107 Å². The van der Waals surface area contributed by atoms with Crippen LogP contribution in [0.1, 0.15) is 5.89 Å². The second-order valence-electron chi connectivity index (χ2n) is 6.40. The van der Waals surface area contributed by atoms with E-state index < -0.39 is 6.04 Å². The summed E-state index contributed by atoms with van der Waals surface area (Å²) in [6.07, 6.45) is 0. The first-order chi connectivity index (χ1) is 13.1. The molecule has 0 spiro atoms. The summed E-state index contributed by atoms with van der Waals surface area (Å²) < 4.78 is 15.5. The van der Waals surface area contributed by atoms with Gasteiger partial charge in [0.2, 0.25) is 17.6 Å². The zero-order valence-corrected chi connectivity index (χ0v) is 18.1. The van der Waals surface area contributed by atoms with Crippen LogP contribution in [0.2, 0.25) is 0 Å². The molecule has 1 aromatic heterocycles. The van der Waals surface area contributed by atoms with E-state index in [2.05, 4.69) is 15.0 Å². The molecule has 1 unspecified atom stereocenters. The molecule has 0 saturated carbocycles. The number of methoxy groups -OCH3 is 2. The van der Waals surface area contributed by atoms with E-state index in [1.54, 1.807) is 12.0 Å². The van der Waals surface area contributed by atoms with Gasteiger partial charge < -0.3 is 24.6 Å². The van der Waals surface area contributed by atoms with Gasteiger partial charge in [-0.3, -0.25) is 9.69 Å². The van der Waals surface area contributed by atoms with Gasteiger partial charge in [0.25, 0.3) is 0 Å². The van der Waals surface area contributed by atoms with Crippen LogP contribution in [0.3, 0.4) is 0 Å². The summed E-state index contributed by atoms with van der Waals surface area (Å²) in [4.78, 5) is 20.6. The summed E-state index contributed by atoms with van der Waals surface area (Å²) in [7, 11) is 3.16. The molecule has 2 aromatic rings. The number of aromatic nitrogens is 2. The average molecular weight is 448 g/mol. The third-order valence-corrected chi connectivity index (χ3v) is 4.52. The predicted molar refractivity (Wildman–Crippen MR) is 112 cm³/mol. The Balaban J connectivity index is 0.00000210. The number of carbonyl (C=O) groups excluding carboxylic acids is 1. The Morgan fingerprint density at radius 1 is 1.17 bits per heavy atom. The van der Waals surface area contributed by atoms with Gasteiger partial charge in [0.15, 0.2) is 0 Å². The number of piperazine rings is 1. The molecule has 1 aliphatic heterocycles. The van der Waals surface area contributed by atoms with Crippen molar-refractivity contribution >= 4 is 30.7 Å². The fraction of sp³-hybridized carbons (Fsp3) is 0.500. The number of ether oxygens (including phenoxy) is 2. The molecule has 0 aliphatic carbocycles. The van der Waals surface area contributed by atoms with Crippen molar-refractivity contribution in [2.24, 2.45) is 5.73 Å². The molecule has 0 bridgehead atoms. The minimum atomic E-state index is -0.607. The number of benzene rings is 1. The van der Waals surface area contributed by atoms with E-state index in [0.29, 0.717) is 31.3 Å². The number of hydrogen-bond donors (Lipinski definition) is 1. The van der Waals surface area contributed by atoms with Gasteiger partial charge in [-0.05, 0) is 24.3 Å². The van der Waals surface area contributed by atoms with Crippen LogP contribution in [0.4, 0.5) is 0 Å². The molecule has 1 fully saturated rings. The number of amides is 1. The molecule has 3 rings (SSSR count). The van der Waals surface area contributed by atoms with Crippen molar-refractivity contribution in [3.63, 3.8) is 0 Å². The normalized spacial score (nSPS) is 15.2. The van der Waals surface area contributed by atoms with E-state index in [9.17, 15) is 4.79 Å². The zero-order chi connectivity index (χ0) is 19.2. The Hall–Kier alpha value is -1.91. The number of rotatable bonds is 7. The molecule has 1 saturated heterocycles. The summed E-state index contributed by atoms with van der Waals surface area (Å²) in [5.41, 5.74) is 6.69. The first-order valence-electron chi connectivity index (χ1n) is 8.83. The monoisotopic (exact) mass is 447 g/mol. The smallest absolute Gasteiger partial charge is 0.241 e. The van der Waals surface area contributed by atoms with Crippen molar-refractivity contribution in [1.82, 2.24) is 19.9 Å². The molecule has 162 valence electrons. The molecule has 1 aliphatic rings. The Morgan fingerprint density at radius 3 is 2.41 bits per heavy atom. The molecule has 1 aromatic carbocycles. The number of nitrogens with zero attached hydrogens (tertiary/aromatic N) is 4. The van der Waals surface area contributed by atoms with Gasteiger partial charge in [0, 0.05) is 38.9 Å². The highest BCUT2D eigenvalue weighted by molar-refractivity contribution is 5.85. The van der Waals surface area contributed by atoms with Crippen LogP contribution in [-0.2, 0) is 16.1 Å². The molecule has 2 heterocycles. The molecular weight excluding hydrogens is 421 g/mol. The van der Waals surface area contributed by atoms with Gasteiger partial charge >= 0.3 is 0 Å². The lowest BCUT2D eigenvalue weighted by atomic mass is 10.2. The van der Waals surface area contributed by atoms with Crippen LogP contribution < -0.4 is 10.5 Å². The molecular formula is C18H27Cl2N5O4. The standard InChI is InChI=1S/C18H25N5O4.2ClH/c1-25-12-15(19)18(24)23-9-7-22(8-10-23)11-16-20-17(21-27-16)13-3-5-14(26-2)6-4-13;;/h3-6,15H,7-12,19H2,1-2H3;2*1H. The molecule has 0 radical (unpaired) electrons. The third kappa shape index (κ3) is 6.55. The van der Waals surface area contributed by atoms with Crippen LogP contribution >= 0.6 is 24.8 Å². The maximum atomic E-state index is 12.2. The summed E-state index contributed by atoms with van der Waals surface area (Å²) in [6.45, 7) is 3.48. The Bertz CT molecular complexity index is 751. The van der Waals surface area contributed by atoms with Gasteiger partial charge in [-0.2, -0.15) is 4.98 Å². The number of hydrogen-bond acceptors (Lipinski definition) is 8. The summed E-state index contributed by atoms with van der Waals surface area (Å²) in [5.74, 6) is 1.81. The highest BCUT2D eigenvalue weighted by atomic mass is 35.5. The van der Waals surface area contributed by atoms with Gasteiger partial charge in [0.05, 0.1) is 20.3 Å². The SMILES string of the molecule is COCC(N)C(=O)N1CCN(Cc2nc(-c3ccc(OC)cc3)no2)CC1.Cl.Cl. The molecule has 11 heteroatoms. The molecule has 9 nitrogen and oxygen atoms in total. The maximum absolute atomic E-state index is 12.2. The molecule has 1 atom stereocenters. The first kappa shape index (κ1) is 25.1. The lowest BCUT2D eigenvalue weighted by Gasteiger charge is -2.35. The van der Waals surface area contributed by atoms with E-state index >= 15 is 0 Å². The van der Waals surface area contributed by atoms with Crippen molar-refractivity contribution in [2.45, 2.75) is 12.6 Å². The van der Waals surface area contributed by atoms with E-state index in [-0.39, 0.29) is 37.3 Å². The molecule has 2 N–H and O–H groups in total. The van der Waals surface area contributed by atoms with Crippen LogP contribution in [0.15, 0.2) is 28.8 Å². The van der Waals surface area contributed by atoms with E-state index in [4.69, 9.17) is 19.7 Å². The summed E-state index contributed by atoms with van der Waals surface area (Å²) >= 11 is 0. The van der Waals surface area contributed by atoms with Crippen LogP contribution in [-0.4, -0.2) is 78.9 Å². The highest BCUT2D eigenvalue weighted by Gasteiger charge is 2.26. The first-order valence-corrected chi connectivity index (χ1v) is 8.83. The van der Waals surface area contributed by atoms with Crippen molar-refractivity contribution < 1.29 is 18.8 Å². The van der Waals surface area contributed by atoms with Gasteiger partial charge in [-0.25, -0.2) is 0 Å². The van der Waals surface area contributed by atoms with E-state index in [1.165, 1.54) is 7.11 Å². The molecule has 29 heavy (non-hydrogen) atoms. The minimum absolute atomic E-state index is 0. The largest absolute Gasteiger partial charge is 0.497 e. The lowest BCUT2D eigenvalue weighted by Crippen LogP contribution is -2.53.